The monoisotopic (exact) mass is 515 g/mol. The molecule has 0 saturated heterocycles. The maximum atomic E-state index is 12.8. The van der Waals surface area contributed by atoms with E-state index < -0.39 is 9.84 Å². The van der Waals surface area contributed by atoms with E-state index >= 15 is 0 Å². The maximum Gasteiger partial charge on any atom is 0.227 e. The van der Waals surface area contributed by atoms with Gasteiger partial charge in [0.25, 0.3) is 0 Å². The first-order valence-electron chi connectivity index (χ1n) is 10.5. The third-order valence-corrected chi connectivity index (χ3v) is 7.19. The van der Waals surface area contributed by atoms with Crippen LogP contribution in [0.2, 0.25) is 0 Å². The number of aryl methyl sites for hydroxylation is 2. The summed E-state index contributed by atoms with van der Waals surface area (Å²) in [6.45, 7) is 8.48. The minimum absolute atomic E-state index is 0. The van der Waals surface area contributed by atoms with Crippen LogP contribution >= 0.6 is 0 Å². The molecule has 3 aromatic rings. The Hall–Kier alpha value is -2.31. The van der Waals surface area contributed by atoms with Crippen LogP contribution in [-0.4, -0.2) is 20.0 Å². The molecule has 1 aromatic heterocycles. The van der Waals surface area contributed by atoms with Crippen molar-refractivity contribution >= 4 is 15.6 Å². The van der Waals surface area contributed by atoms with Crippen LogP contribution in [0, 0.1) is 6.92 Å². The molecular weight excluding hydrogens is 486 g/mol. The van der Waals surface area contributed by atoms with Gasteiger partial charge in [-0.3, -0.25) is 4.79 Å². The zero-order valence-corrected chi connectivity index (χ0v) is 21.4. The highest BCUT2D eigenvalue weighted by atomic mass is 79.9. The number of nitrogens with zero attached hydrogens (tertiary/aromatic N) is 1. The molecule has 0 aliphatic heterocycles. The van der Waals surface area contributed by atoms with Crippen LogP contribution in [0.25, 0.3) is 0 Å². The topological polar surface area (TPSA) is 55.1 Å². The highest BCUT2D eigenvalue weighted by Crippen LogP contribution is 2.24. The van der Waals surface area contributed by atoms with Crippen molar-refractivity contribution in [2.24, 2.45) is 0 Å². The van der Waals surface area contributed by atoms with Crippen molar-refractivity contribution < 1.29 is 34.8 Å². The van der Waals surface area contributed by atoms with Gasteiger partial charge in [0, 0.05) is 24.1 Å². The van der Waals surface area contributed by atoms with Crippen molar-refractivity contribution in [2.75, 3.05) is 5.75 Å². The molecule has 0 amide bonds. The van der Waals surface area contributed by atoms with Gasteiger partial charge in [-0.2, -0.15) is 4.57 Å². The van der Waals surface area contributed by atoms with Crippen molar-refractivity contribution in [2.45, 2.75) is 51.0 Å². The van der Waals surface area contributed by atoms with Gasteiger partial charge in [-0.1, -0.05) is 63.2 Å². The van der Waals surface area contributed by atoms with E-state index in [4.69, 9.17) is 0 Å². The second kappa shape index (κ2) is 10.5. The average molecular weight is 517 g/mol. The Morgan fingerprint density at radius 2 is 1.53 bits per heavy atom. The number of Topliss-reactive ketones (excluding diaryl/α,β-unsaturated/α-hetero) is 1. The van der Waals surface area contributed by atoms with Gasteiger partial charge in [-0.25, -0.2) is 8.42 Å². The first-order chi connectivity index (χ1) is 14.6. The van der Waals surface area contributed by atoms with Crippen molar-refractivity contribution in [3.63, 3.8) is 0 Å². The van der Waals surface area contributed by atoms with Crippen LogP contribution in [0.3, 0.4) is 0 Å². The van der Waals surface area contributed by atoms with Gasteiger partial charge >= 0.3 is 0 Å². The summed E-state index contributed by atoms with van der Waals surface area (Å²) >= 11 is 0. The molecule has 3 rings (SSSR count). The molecule has 6 heteroatoms. The quantitative estimate of drug-likeness (QED) is 0.353. The Balaban J connectivity index is 0.00000363. The van der Waals surface area contributed by atoms with Gasteiger partial charge in [0.1, 0.15) is 0 Å². The lowest BCUT2D eigenvalue weighted by Gasteiger charge is -2.19. The predicted octanol–water partition coefficient (Wildman–Crippen LogP) is 1.48. The van der Waals surface area contributed by atoms with E-state index in [1.807, 2.05) is 60.2 Å². The molecule has 32 heavy (non-hydrogen) atoms. The number of aromatic nitrogens is 1. The average Bonchev–Trinajstić information content (AvgIpc) is 2.74. The molecule has 2 aromatic carbocycles. The van der Waals surface area contributed by atoms with Crippen molar-refractivity contribution in [3.8, 4) is 0 Å². The lowest BCUT2D eigenvalue weighted by molar-refractivity contribution is -0.689. The number of carbonyl (C=O) groups excluding carboxylic acids is 1. The largest absolute Gasteiger partial charge is 1.00 e. The third kappa shape index (κ3) is 6.59. The number of carbonyl (C=O) groups is 1. The first kappa shape index (κ1) is 25.9. The number of halogens is 1. The normalized spacial score (nSPS) is 11.6. The second-order valence-electron chi connectivity index (χ2n) is 8.94. The predicted molar refractivity (Wildman–Crippen MR) is 123 cm³/mol. The molecule has 0 fully saturated rings. The Morgan fingerprint density at radius 3 is 2.12 bits per heavy atom. The molecule has 0 atom stereocenters. The van der Waals surface area contributed by atoms with Crippen molar-refractivity contribution in [3.05, 3.63) is 95.3 Å². The van der Waals surface area contributed by atoms with E-state index in [2.05, 4.69) is 20.8 Å². The smallest absolute Gasteiger partial charge is 0.227 e. The van der Waals surface area contributed by atoms with Crippen LogP contribution in [0.1, 0.15) is 48.0 Å². The van der Waals surface area contributed by atoms with Crippen molar-refractivity contribution in [1.82, 2.24) is 0 Å². The van der Waals surface area contributed by atoms with Gasteiger partial charge in [0.05, 0.1) is 10.6 Å². The van der Waals surface area contributed by atoms with E-state index in [1.165, 1.54) is 0 Å². The Morgan fingerprint density at radius 1 is 0.906 bits per heavy atom. The number of pyridine rings is 1. The molecule has 0 radical (unpaired) electrons. The lowest BCUT2D eigenvalue weighted by Crippen LogP contribution is -3.00. The highest BCUT2D eigenvalue weighted by Gasteiger charge is 2.19. The molecule has 0 aliphatic rings. The standard InChI is InChI=1S/C26H30NO3S.BrH/c1-20-10-11-21(18-27(20)19-25(28)22-8-6-5-7-9-22)16-17-31(29,30)24-14-12-23(13-15-24)26(2,3)4;/h5-15,18H,16-17,19H2,1-4H3;1H/q+1;/p-1. The molecule has 0 bridgehead atoms. The SMILES string of the molecule is Cc1ccc(CCS(=O)(=O)c2ccc(C(C)(C)C)cc2)c[n+]1CC(=O)c1ccccc1.[Br-]. The summed E-state index contributed by atoms with van der Waals surface area (Å²) in [6, 6.07) is 20.2. The molecule has 0 spiro atoms. The summed E-state index contributed by atoms with van der Waals surface area (Å²) < 4.78 is 27.5. The number of benzene rings is 2. The third-order valence-electron chi connectivity index (χ3n) is 5.46. The number of rotatable bonds is 7. The van der Waals surface area contributed by atoms with Gasteiger partial charge in [-0.15, -0.1) is 0 Å². The number of hydrogen-bond donors (Lipinski definition) is 0. The zero-order valence-electron chi connectivity index (χ0n) is 19.0. The summed E-state index contributed by atoms with van der Waals surface area (Å²) in [6.07, 6.45) is 2.28. The number of ketones is 1. The molecular formula is C26H30BrNO3S. The van der Waals surface area contributed by atoms with E-state index in [0.717, 1.165) is 16.8 Å². The van der Waals surface area contributed by atoms with Gasteiger partial charge in [-0.05, 0) is 35.6 Å². The molecule has 170 valence electrons. The summed E-state index contributed by atoms with van der Waals surface area (Å²) in [5.41, 5.74) is 3.60. The minimum Gasteiger partial charge on any atom is -1.00 e. The molecule has 0 saturated carbocycles. The van der Waals surface area contributed by atoms with Gasteiger partial charge in [0.2, 0.25) is 12.3 Å². The van der Waals surface area contributed by atoms with Crippen LogP contribution < -0.4 is 21.5 Å². The van der Waals surface area contributed by atoms with E-state index in [0.29, 0.717) is 16.9 Å². The van der Waals surface area contributed by atoms with Crippen LogP contribution in [0.5, 0.6) is 0 Å². The number of sulfone groups is 1. The van der Waals surface area contributed by atoms with Crippen LogP contribution in [0.4, 0.5) is 0 Å². The summed E-state index contributed by atoms with van der Waals surface area (Å²) in [7, 11) is -3.39. The second-order valence-corrected chi connectivity index (χ2v) is 11.0. The van der Waals surface area contributed by atoms with E-state index in [1.54, 1.807) is 24.3 Å². The highest BCUT2D eigenvalue weighted by molar-refractivity contribution is 7.91. The minimum atomic E-state index is -3.39. The Labute approximate surface area is 202 Å². The van der Waals surface area contributed by atoms with Gasteiger partial charge in [0.15, 0.2) is 21.7 Å². The Kier molecular flexibility index (Phi) is 8.54. The maximum absolute atomic E-state index is 12.8. The lowest BCUT2D eigenvalue weighted by atomic mass is 9.87. The van der Waals surface area contributed by atoms with E-state index in [-0.39, 0.29) is 40.5 Å². The fourth-order valence-corrected chi connectivity index (χ4v) is 4.68. The fraction of sp³-hybridized carbons (Fsp3) is 0.308. The summed E-state index contributed by atoms with van der Waals surface area (Å²) in [5.74, 6) is 0.0507. The molecule has 0 N–H and O–H groups in total. The number of hydrogen-bond acceptors (Lipinski definition) is 3. The molecule has 4 nitrogen and oxygen atoms in total. The van der Waals surface area contributed by atoms with Gasteiger partial charge < -0.3 is 17.0 Å². The van der Waals surface area contributed by atoms with Crippen LogP contribution in [0.15, 0.2) is 77.8 Å². The molecule has 0 aliphatic carbocycles. The molecule has 1 heterocycles. The van der Waals surface area contributed by atoms with E-state index in [9.17, 15) is 13.2 Å². The summed E-state index contributed by atoms with van der Waals surface area (Å²) in [5, 5.41) is 0. The fourth-order valence-electron chi connectivity index (χ4n) is 3.39. The summed E-state index contributed by atoms with van der Waals surface area (Å²) in [4.78, 5) is 12.9. The zero-order chi connectivity index (χ0) is 22.6. The molecule has 0 unspecified atom stereocenters. The Bertz CT molecular complexity index is 1170. The first-order valence-corrected chi connectivity index (χ1v) is 12.1. The van der Waals surface area contributed by atoms with Crippen molar-refractivity contribution in [1.29, 1.82) is 0 Å². The van der Waals surface area contributed by atoms with Crippen LogP contribution in [-0.2, 0) is 28.2 Å².